The van der Waals surface area contributed by atoms with E-state index in [0.29, 0.717) is 11.6 Å². The standard InChI is InChI=1S/C21H23ClN4O.HI/c1-23-21(25-12-9-15-7-8-17(27-2)13-19(15)22)26-14-16-10-11-24-20-6-4-3-5-18(16)20;/h3-8,10-11,13H,9,12,14H2,1-2H3,(H2,23,25,26);1H. The quantitative estimate of drug-likeness (QED) is 0.293. The SMILES string of the molecule is CN=C(NCCc1ccc(OC)cc1Cl)NCc1ccnc2ccccc12.I. The number of pyridine rings is 1. The van der Waals surface area contributed by atoms with Crippen LogP contribution in [0.2, 0.25) is 5.02 Å². The lowest BCUT2D eigenvalue weighted by Crippen LogP contribution is -2.37. The molecule has 1 heterocycles. The summed E-state index contributed by atoms with van der Waals surface area (Å²) in [4.78, 5) is 8.69. The highest BCUT2D eigenvalue weighted by molar-refractivity contribution is 14.0. The molecule has 0 spiro atoms. The molecule has 2 aromatic carbocycles. The van der Waals surface area contributed by atoms with Crippen molar-refractivity contribution in [3.8, 4) is 5.75 Å². The number of ether oxygens (including phenoxy) is 1. The fraction of sp³-hybridized carbons (Fsp3) is 0.238. The molecule has 0 aliphatic rings. The molecule has 0 bridgehead atoms. The Labute approximate surface area is 187 Å². The minimum absolute atomic E-state index is 0. The van der Waals surface area contributed by atoms with Crippen LogP contribution in [0.5, 0.6) is 5.75 Å². The van der Waals surface area contributed by atoms with Gasteiger partial charge < -0.3 is 15.4 Å². The van der Waals surface area contributed by atoms with Crippen molar-refractivity contribution >= 4 is 52.4 Å². The Morgan fingerprint density at radius 3 is 2.68 bits per heavy atom. The second-order valence-corrected chi connectivity index (χ2v) is 6.45. The van der Waals surface area contributed by atoms with Gasteiger partial charge in [0.15, 0.2) is 5.96 Å². The number of para-hydroxylation sites is 1. The van der Waals surface area contributed by atoms with Crippen LogP contribution in [0.4, 0.5) is 0 Å². The summed E-state index contributed by atoms with van der Waals surface area (Å²) in [5, 5.41) is 8.54. The molecular weight excluding hydrogens is 487 g/mol. The van der Waals surface area contributed by atoms with Gasteiger partial charge >= 0.3 is 0 Å². The van der Waals surface area contributed by atoms with Crippen molar-refractivity contribution in [3.63, 3.8) is 0 Å². The largest absolute Gasteiger partial charge is 0.497 e. The minimum Gasteiger partial charge on any atom is -0.497 e. The van der Waals surface area contributed by atoms with Crippen LogP contribution in [0.15, 0.2) is 59.7 Å². The van der Waals surface area contributed by atoms with E-state index in [0.717, 1.165) is 41.1 Å². The van der Waals surface area contributed by atoms with Gasteiger partial charge in [0, 0.05) is 36.7 Å². The van der Waals surface area contributed by atoms with E-state index in [2.05, 4.69) is 26.7 Å². The van der Waals surface area contributed by atoms with Gasteiger partial charge in [-0.15, -0.1) is 24.0 Å². The predicted octanol–water partition coefficient (Wildman–Crippen LogP) is 4.42. The number of methoxy groups -OCH3 is 1. The molecule has 0 aliphatic heterocycles. The molecule has 3 aromatic rings. The average molecular weight is 511 g/mol. The van der Waals surface area contributed by atoms with Crippen molar-refractivity contribution in [2.45, 2.75) is 13.0 Å². The molecule has 1 aromatic heterocycles. The Bertz CT molecular complexity index is 943. The first-order valence-corrected chi connectivity index (χ1v) is 9.18. The lowest BCUT2D eigenvalue weighted by molar-refractivity contribution is 0.414. The topological polar surface area (TPSA) is 58.5 Å². The summed E-state index contributed by atoms with van der Waals surface area (Å²) in [6, 6.07) is 15.9. The van der Waals surface area contributed by atoms with Crippen LogP contribution in [0.3, 0.4) is 0 Å². The van der Waals surface area contributed by atoms with E-state index in [1.807, 2.05) is 48.7 Å². The van der Waals surface area contributed by atoms with Crippen LogP contribution in [0, 0.1) is 0 Å². The average Bonchev–Trinajstić information content (AvgIpc) is 2.71. The van der Waals surface area contributed by atoms with Crippen LogP contribution >= 0.6 is 35.6 Å². The zero-order valence-corrected chi connectivity index (χ0v) is 19.0. The van der Waals surface area contributed by atoms with Crippen LogP contribution in [0.25, 0.3) is 10.9 Å². The van der Waals surface area contributed by atoms with Crippen molar-refractivity contribution in [2.24, 2.45) is 4.99 Å². The number of fused-ring (bicyclic) bond motifs is 1. The molecule has 0 atom stereocenters. The van der Waals surface area contributed by atoms with Gasteiger partial charge in [0.1, 0.15) is 5.75 Å². The Kier molecular flexibility index (Phi) is 8.79. The third kappa shape index (κ3) is 5.72. The molecule has 5 nitrogen and oxygen atoms in total. The Hall–Kier alpha value is -2.06. The van der Waals surface area contributed by atoms with Crippen LogP contribution in [0.1, 0.15) is 11.1 Å². The van der Waals surface area contributed by atoms with Crippen LogP contribution in [-0.2, 0) is 13.0 Å². The number of nitrogens with one attached hydrogen (secondary N) is 2. The third-order valence-corrected chi connectivity index (χ3v) is 4.71. The highest BCUT2D eigenvalue weighted by Gasteiger charge is 2.05. The number of rotatable bonds is 6. The minimum atomic E-state index is 0. The van der Waals surface area contributed by atoms with Crippen molar-refractivity contribution in [1.29, 1.82) is 0 Å². The number of hydrogen-bond acceptors (Lipinski definition) is 3. The zero-order valence-electron chi connectivity index (χ0n) is 15.9. The summed E-state index contributed by atoms with van der Waals surface area (Å²) in [5.74, 6) is 1.51. The van der Waals surface area contributed by atoms with E-state index in [1.165, 1.54) is 5.56 Å². The first kappa shape index (κ1) is 22.2. The second-order valence-electron chi connectivity index (χ2n) is 6.05. The Morgan fingerprint density at radius 1 is 1.11 bits per heavy atom. The number of benzene rings is 2. The van der Waals surface area contributed by atoms with E-state index in [-0.39, 0.29) is 24.0 Å². The molecule has 2 N–H and O–H groups in total. The van der Waals surface area contributed by atoms with Gasteiger partial charge in [0.25, 0.3) is 0 Å². The van der Waals surface area contributed by atoms with E-state index in [4.69, 9.17) is 16.3 Å². The van der Waals surface area contributed by atoms with Gasteiger partial charge in [0.2, 0.25) is 0 Å². The molecule has 3 rings (SSSR count). The molecule has 28 heavy (non-hydrogen) atoms. The molecule has 0 amide bonds. The van der Waals surface area contributed by atoms with Crippen LogP contribution in [-0.4, -0.2) is 31.6 Å². The maximum Gasteiger partial charge on any atom is 0.191 e. The number of aromatic nitrogens is 1. The molecule has 0 fully saturated rings. The van der Waals surface area contributed by atoms with Crippen molar-refractivity contribution in [3.05, 3.63) is 70.9 Å². The molecular formula is C21H24ClIN4O. The summed E-state index contributed by atoms with van der Waals surface area (Å²) in [6.45, 7) is 1.40. The smallest absolute Gasteiger partial charge is 0.191 e. The van der Waals surface area contributed by atoms with E-state index in [9.17, 15) is 0 Å². The summed E-state index contributed by atoms with van der Waals surface area (Å²) in [5.41, 5.74) is 3.25. The second kappa shape index (κ2) is 11.1. The van der Waals surface area contributed by atoms with Crippen LogP contribution < -0.4 is 15.4 Å². The Balaban J connectivity index is 0.00000280. The van der Waals surface area contributed by atoms with Gasteiger partial charge in [-0.3, -0.25) is 9.98 Å². The number of hydrogen-bond donors (Lipinski definition) is 2. The normalized spacial score (nSPS) is 11.0. The molecule has 0 unspecified atom stereocenters. The van der Waals surface area contributed by atoms with Gasteiger partial charge in [-0.1, -0.05) is 35.9 Å². The Morgan fingerprint density at radius 2 is 1.93 bits per heavy atom. The molecule has 0 aliphatic carbocycles. The molecule has 0 radical (unpaired) electrons. The molecule has 148 valence electrons. The lowest BCUT2D eigenvalue weighted by Gasteiger charge is -2.13. The van der Waals surface area contributed by atoms with Crippen molar-refractivity contribution < 1.29 is 4.74 Å². The summed E-state index contributed by atoms with van der Waals surface area (Å²) in [6.07, 6.45) is 2.63. The fourth-order valence-electron chi connectivity index (χ4n) is 2.88. The number of nitrogens with zero attached hydrogens (tertiary/aromatic N) is 2. The molecule has 0 saturated heterocycles. The van der Waals surface area contributed by atoms with E-state index in [1.54, 1.807) is 14.2 Å². The first-order chi connectivity index (χ1) is 13.2. The van der Waals surface area contributed by atoms with E-state index >= 15 is 0 Å². The highest BCUT2D eigenvalue weighted by Crippen LogP contribution is 2.22. The third-order valence-electron chi connectivity index (χ3n) is 4.36. The maximum absolute atomic E-state index is 6.29. The van der Waals surface area contributed by atoms with Crippen molar-refractivity contribution in [2.75, 3.05) is 20.7 Å². The molecule has 0 saturated carbocycles. The zero-order chi connectivity index (χ0) is 19.1. The predicted molar refractivity (Wildman–Crippen MR) is 127 cm³/mol. The maximum atomic E-state index is 6.29. The van der Waals surface area contributed by atoms with Crippen molar-refractivity contribution in [1.82, 2.24) is 15.6 Å². The van der Waals surface area contributed by atoms with Gasteiger partial charge in [-0.2, -0.15) is 0 Å². The highest BCUT2D eigenvalue weighted by atomic mass is 127. The van der Waals surface area contributed by atoms with Gasteiger partial charge in [0.05, 0.1) is 12.6 Å². The van der Waals surface area contributed by atoms with Gasteiger partial charge in [-0.05, 0) is 41.8 Å². The lowest BCUT2D eigenvalue weighted by atomic mass is 10.1. The molecule has 7 heteroatoms. The summed E-state index contributed by atoms with van der Waals surface area (Å²) < 4.78 is 5.18. The summed E-state index contributed by atoms with van der Waals surface area (Å²) >= 11 is 6.29. The number of halogens is 2. The van der Waals surface area contributed by atoms with Gasteiger partial charge in [-0.25, -0.2) is 0 Å². The monoisotopic (exact) mass is 510 g/mol. The number of aliphatic imine (C=N–C) groups is 1. The summed E-state index contributed by atoms with van der Waals surface area (Å²) in [7, 11) is 3.40. The first-order valence-electron chi connectivity index (χ1n) is 8.81. The van der Waals surface area contributed by atoms with E-state index < -0.39 is 0 Å². The number of guanidine groups is 1. The fourth-order valence-corrected chi connectivity index (χ4v) is 3.15.